The fourth-order valence-electron chi connectivity index (χ4n) is 4.34. The van der Waals surface area contributed by atoms with Crippen molar-refractivity contribution in [2.45, 2.75) is 45.7 Å². The maximum absolute atomic E-state index is 14.1. The van der Waals surface area contributed by atoms with Gasteiger partial charge in [0.25, 0.3) is 0 Å². The van der Waals surface area contributed by atoms with Crippen molar-refractivity contribution in [3.8, 4) is 0 Å². The summed E-state index contributed by atoms with van der Waals surface area (Å²) in [6.45, 7) is 3.80. The smallest absolute Gasteiger partial charge is 0.244 e. The Labute approximate surface area is 247 Å². The highest BCUT2D eigenvalue weighted by atomic mass is 35.5. The van der Waals surface area contributed by atoms with Crippen LogP contribution in [0, 0.1) is 6.92 Å². The van der Waals surface area contributed by atoms with Crippen molar-refractivity contribution in [2.75, 3.05) is 23.7 Å². The first-order valence-corrected chi connectivity index (χ1v) is 15.7. The zero-order chi connectivity index (χ0) is 29.3. The Morgan fingerprint density at radius 1 is 0.925 bits per heavy atom. The quantitative estimate of drug-likeness (QED) is 0.257. The normalized spacial score (nSPS) is 12.0. The maximum atomic E-state index is 14.1. The summed E-state index contributed by atoms with van der Waals surface area (Å²) in [6.07, 6.45) is 2.99. The van der Waals surface area contributed by atoms with Crippen LogP contribution in [0.25, 0.3) is 0 Å². The maximum Gasteiger partial charge on any atom is 0.244 e. The summed E-state index contributed by atoms with van der Waals surface area (Å²) in [4.78, 5) is 29.1. The van der Waals surface area contributed by atoms with E-state index in [-0.39, 0.29) is 18.9 Å². The van der Waals surface area contributed by atoms with Crippen molar-refractivity contribution in [1.82, 2.24) is 10.2 Å². The number of amides is 2. The number of carbonyl (C=O) groups excluding carboxylic acids is 2. The van der Waals surface area contributed by atoms with Gasteiger partial charge in [0, 0.05) is 29.6 Å². The van der Waals surface area contributed by atoms with Crippen molar-refractivity contribution < 1.29 is 18.0 Å². The molecule has 1 N–H and O–H groups in total. The van der Waals surface area contributed by atoms with Crippen LogP contribution in [-0.4, -0.2) is 50.5 Å². The summed E-state index contributed by atoms with van der Waals surface area (Å²) >= 11 is 12.4. The number of unbranched alkanes of at least 4 members (excludes halogenated alkanes) is 1. The summed E-state index contributed by atoms with van der Waals surface area (Å²) in [5.41, 5.74) is 2.53. The van der Waals surface area contributed by atoms with Crippen molar-refractivity contribution in [3.63, 3.8) is 0 Å². The number of nitrogens with zero attached hydrogens (tertiary/aromatic N) is 2. The van der Waals surface area contributed by atoms with E-state index in [2.05, 4.69) is 5.32 Å². The molecule has 40 heavy (non-hydrogen) atoms. The van der Waals surface area contributed by atoms with Crippen molar-refractivity contribution in [2.24, 2.45) is 0 Å². The second-order valence-electron chi connectivity index (χ2n) is 9.70. The van der Waals surface area contributed by atoms with Gasteiger partial charge in [0.1, 0.15) is 12.6 Å². The van der Waals surface area contributed by atoms with Crippen LogP contribution >= 0.6 is 23.2 Å². The topological polar surface area (TPSA) is 86.8 Å². The Hall–Kier alpha value is -3.07. The van der Waals surface area contributed by atoms with Gasteiger partial charge >= 0.3 is 0 Å². The SMILES string of the molecule is CCCCNC(=O)[C@H](Cc1ccccc1)N(Cc1cccc(Cl)c1)C(=O)CN(c1cc(Cl)ccc1C)S(C)(=O)=O. The molecule has 7 nitrogen and oxygen atoms in total. The third-order valence-corrected chi connectivity index (χ3v) is 8.06. The third kappa shape index (κ3) is 8.98. The lowest BCUT2D eigenvalue weighted by atomic mass is 10.0. The summed E-state index contributed by atoms with van der Waals surface area (Å²) < 4.78 is 26.9. The molecule has 3 aromatic rings. The third-order valence-electron chi connectivity index (χ3n) is 6.46. The van der Waals surface area contributed by atoms with Crippen LogP contribution in [-0.2, 0) is 32.6 Å². The van der Waals surface area contributed by atoms with E-state index in [1.807, 2.05) is 43.3 Å². The molecule has 0 aliphatic rings. The molecule has 1 atom stereocenters. The van der Waals surface area contributed by atoms with E-state index in [4.69, 9.17) is 23.2 Å². The van der Waals surface area contributed by atoms with Gasteiger partial charge in [-0.15, -0.1) is 0 Å². The van der Waals surface area contributed by atoms with Gasteiger partial charge in [-0.3, -0.25) is 13.9 Å². The molecule has 0 saturated heterocycles. The lowest BCUT2D eigenvalue weighted by molar-refractivity contribution is -0.140. The number of benzene rings is 3. The van der Waals surface area contributed by atoms with Crippen molar-refractivity contribution in [3.05, 3.63) is 99.5 Å². The van der Waals surface area contributed by atoms with E-state index >= 15 is 0 Å². The van der Waals surface area contributed by atoms with Crippen LogP contribution in [0.4, 0.5) is 5.69 Å². The molecular formula is C30H35Cl2N3O4S. The Balaban J connectivity index is 2.06. The molecule has 0 aliphatic heterocycles. The van der Waals surface area contributed by atoms with Gasteiger partial charge < -0.3 is 10.2 Å². The Kier molecular flexibility index (Phi) is 11.4. The molecule has 0 heterocycles. The molecule has 0 aromatic heterocycles. The number of sulfonamides is 1. The molecule has 0 bridgehead atoms. The lowest BCUT2D eigenvalue weighted by Crippen LogP contribution is -2.53. The van der Waals surface area contributed by atoms with Crippen LogP contribution in [0.5, 0.6) is 0 Å². The van der Waals surface area contributed by atoms with Gasteiger partial charge in [0.05, 0.1) is 11.9 Å². The summed E-state index contributed by atoms with van der Waals surface area (Å²) in [7, 11) is -3.88. The van der Waals surface area contributed by atoms with Gasteiger partial charge in [0.2, 0.25) is 21.8 Å². The Morgan fingerprint density at radius 2 is 1.60 bits per heavy atom. The molecule has 0 unspecified atom stereocenters. The second kappa shape index (κ2) is 14.5. The van der Waals surface area contributed by atoms with E-state index in [1.165, 1.54) is 11.0 Å². The summed E-state index contributed by atoms with van der Waals surface area (Å²) in [6, 6.07) is 20.4. The minimum atomic E-state index is -3.88. The second-order valence-corrected chi connectivity index (χ2v) is 12.5. The molecule has 0 fully saturated rings. The fourth-order valence-corrected chi connectivity index (χ4v) is 5.62. The number of carbonyl (C=O) groups is 2. The van der Waals surface area contributed by atoms with E-state index in [1.54, 1.807) is 37.3 Å². The number of hydrogen-bond donors (Lipinski definition) is 1. The fraction of sp³-hybridized carbons (Fsp3) is 0.333. The zero-order valence-corrected chi connectivity index (χ0v) is 25.3. The minimum Gasteiger partial charge on any atom is -0.354 e. The number of halogens is 2. The molecule has 3 rings (SSSR count). The first-order valence-electron chi connectivity index (χ1n) is 13.1. The predicted molar refractivity (Wildman–Crippen MR) is 162 cm³/mol. The molecule has 0 aliphatic carbocycles. The van der Waals surface area contributed by atoms with E-state index in [0.29, 0.717) is 33.4 Å². The highest BCUT2D eigenvalue weighted by Crippen LogP contribution is 2.27. The summed E-state index contributed by atoms with van der Waals surface area (Å²) in [5, 5.41) is 3.79. The zero-order valence-electron chi connectivity index (χ0n) is 22.9. The molecule has 2 amide bonds. The standard InChI is InChI=1S/C30H35Cl2N3O4S/c1-4-5-16-33-30(37)28(18-23-10-7-6-8-11-23)34(20-24-12-9-13-25(31)17-24)29(36)21-35(40(3,38)39)27-19-26(32)15-14-22(27)2/h6-15,17,19,28H,4-5,16,18,20-21H2,1-3H3,(H,33,37)/t28-/m0/s1. The minimum absolute atomic E-state index is 0.0597. The van der Waals surface area contributed by atoms with Crippen LogP contribution in [0.15, 0.2) is 72.8 Å². The number of nitrogens with one attached hydrogen (secondary N) is 1. The Morgan fingerprint density at radius 3 is 2.25 bits per heavy atom. The van der Waals surface area contributed by atoms with E-state index < -0.39 is 28.5 Å². The van der Waals surface area contributed by atoms with E-state index in [0.717, 1.165) is 29.0 Å². The van der Waals surface area contributed by atoms with Gasteiger partial charge in [-0.1, -0.05) is 85.1 Å². The average Bonchev–Trinajstić information content (AvgIpc) is 2.90. The Bertz CT molecular complexity index is 1420. The van der Waals surface area contributed by atoms with Crippen molar-refractivity contribution >= 4 is 50.7 Å². The van der Waals surface area contributed by atoms with E-state index in [9.17, 15) is 18.0 Å². The van der Waals surface area contributed by atoms with Gasteiger partial charge in [-0.2, -0.15) is 0 Å². The first kappa shape index (κ1) is 31.5. The van der Waals surface area contributed by atoms with Crippen molar-refractivity contribution in [1.29, 1.82) is 0 Å². The molecule has 0 spiro atoms. The van der Waals surface area contributed by atoms with Crippen LogP contribution in [0.3, 0.4) is 0 Å². The van der Waals surface area contributed by atoms with Crippen LogP contribution in [0.1, 0.15) is 36.5 Å². The molecular weight excluding hydrogens is 569 g/mol. The van der Waals surface area contributed by atoms with Gasteiger partial charge in [-0.25, -0.2) is 8.42 Å². The molecule has 214 valence electrons. The average molecular weight is 605 g/mol. The number of aryl methyl sites for hydroxylation is 1. The molecule has 3 aromatic carbocycles. The first-order chi connectivity index (χ1) is 19.0. The van der Waals surface area contributed by atoms with Crippen LogP contribution < -0.4 is 9.62 Å². The van der Waals surface area contributed by atoms with Crippen LogP contribution in [0.2, 0.25) is 10.0 Å². The largest absolute Gasteiger partial charge is 0.354 e. The number of hydrogen-bond acceptors (Lipinski definition) is 4. The number of rotatable bonds is 13. The summed E-state index contributed by atoms with van der Waals surface area (Å²) in [5.74, 6) is -0.839. The molecule has 0 saturated carbocycles. The monoisotopic (exact) mass is 603 g/mol. The van der Waals surface area contributed by atoms with Gasteiger partial charge in [-0.05, 0) is 54.3 Å². The number of anilines is 1. The van der Waals surface area contributed by atoms with Gasteiger partial charge in [0.15, 0.2) is 0 Å². The highest BCUT2D eigenvalue weighted by Gasteiger charge is 2.33. The molecule has 0 radical (unpaired) electrons. The lowest BCUT2D eigenvalue weighted by Gasteiger charge is -2.34. The highest BCUT2D eigenvalue weighted by molar-refractivity contribution is 7.92. The predicted octanol–water partition coefficient (Wildman–Crippen LogP) is 5.62. The molecule has 10 heteroatoms.